The van der Waals surface area contributed by atoms with Gasteiger partial charge in [-0.2, -0.15) is 0 Å². The normalized spacial score (nSPS) is 17.5. The Bertz CT molecular complexity index is 1540. The molecule has 3 N–H and O–H groups in total. The molecule has 0 saturated heterocycles. The zero-order valence-corrected chi connectivity index (χ0v) is 23.1. The van der Waals surface area contributed by atoms with E-state index in [9.17, 15) is 0 Å². The molecule has 3 nitrogen and oxygen atoms in total. The van der Waals surface area contributed by atoms with E-state index in [0.717, 1.165) is 29.9 Å². The number of anilines is 3. The monoisotopic (exact) mass is 511 g/mol. The summed E-state index contributed by atoms with van der Waals surface area (Å²) in [6.45, 7) is 9.86. The highest BCUT2D eigenvalue weighted by Gasteiger charge is 2.38. The summed E-state index contributed by atoms with van der Waals surface area (Å²) in [5.41, 5.74) is 17.8. The summed E-state index contributed by atoms with van der Waals surface area (Å²) in [6, 6.07) is 35.5. The Hall–Kier alpha value is -4.50. The van der Waals surface area contributed by atoms with Crippen LogP contribution in [-0.4, -0.2) is 13.6 Å². The van der Waals surface area contributed by atoms with E-state index in [0.29, 0.717) is 0 Å². The van der Waals surface area contributed by atoms with Crippen LogP contribution in [0.4, 0.5) is 17.1 Å². The lowest BCUT2D eigenvalue weighted by Crippen LogP contribution is -2.20. The van der Waals surface area contributed by atoms with Crippen molar-refractivity contribution in [3.05, 3.63) is 150 Å². The summed E-state index contributed by atoms with van der Waals surface area (Å²) < 4.78 is 0. The number of nitrogens with one attached hydrogen (secondary N) is 1. The van der Waals surface area contributed by atoms with Gasteiger partial charge in [0, 0.05) is 36.5 Å². The van der Waals surface area contributed by atoms with Gasteiger partial charge in [0.2, 0.25) is 0 Å². The van der Waals surface area contributed by atoms with Gasteiger partial charge in [-0.25, -0.2) is 0 Å². The molecule has 2 aliphatic rings. The summed E-state index contributed by atoms with van der Waals surface area (Å²) in [5.74, 6) is 0. The summed E-state index contributed by atoms with van der Waals surface area (Å²) in [6.07, 6.45) is 5.55. The summed E-state index contributed by atoms with van der Waals surface area (Å²) in [7, 11) is 2.13. The molecule has 0 aromatic heterocycles. The Kier molecular flexibility index (Phi) is 7.42. The summed E-state index contributed by atoms with van der Waals surface area (Å²) in [4.78, 5) is 2.23. The number of hydrogen-bond acceptors (Lipinski definition) is 3. The van der Waals surface area contributed by atoms with E-state index in [-0.39, 0.29) is 5.41 Å². The van der Waals surface area contributed by atoms with Gasteiger partial charge in [-0.15, -0.1) is 0 Å². The zero-order valence-electron chi connectivity index (χ0n) is 23.1. The van der Waals surface area contributed by atoms with Crippen molar-refractivity contribution in [3.8, 4) is 0 Å². The number of nitrogen functional groups attached to an aromatic ring is 1. The highest BCUT2D eigenvalue weighted by Crippen LogP contribution is 2.51. The van der Waals surface area contributed by atoms with E-state index in [2.05, 4.69) is 123 Å². The van der Waals surface area contributed by atoms with Crippen molar-refractivity contribution in [1.29, 1.82) is 0 Å². The minimum Gasteiger partial charge on any atom is -0.397 e. The number of benzene rings is 4. The van der Waals surface area contributed by atoms with E-state index >= 15 is 0 Å². The number of rotatable bonds is 4. The largest absolute Gasteiger partial charge is 0.397 e. The average molecular weight is 512 g/mol. The van der Waals surface area contributed by atoms with Crippen molar-refractivity contribution < 1.29 is 0 Å². The second kappa shape index (κ2) is 11.1. The maximum Gasteiger partial charge on any atom is 0.0574 e. The van der Waals surface area contributed by atoms with Gasteiger partial charge in [-0.3, -0.25) is 0 Å². The van der Waals surface area contributed by atoms with Crippen molar-refractivity contribution in [2.45, 2.75) is 25.7 Å². The SMILES string of the molecule is C=C1/C=C2\C(=C/N(C)c3ccccc31)C(C)(C)c1ccccc12.Nc1ccccc1NCCc1ccccc1. The lowest BCUT2D eigenvalue weighted by Gasteiger charge is -2.28. The van der Waals surface area contributed by atoms with Crippen LogP contribution in [0.3, 0.4) is 0 Å². The fourth-order valence-corrected chi connectivity index (χ4v) is 5.49. The second-order valence-corrected chi connectivity index (χ2v) is 10.7. The molecule has 0 atom stereocenters. The first kappa shape index (κ1) is 26.1. The topological polar surface area (TPSA) is 41.3 Å². The van der Waals surface area contributed by atoms with Crippen LogP contribution >= 0.6 is 0 Å². The number of allylic oxidation sites excluding steroid dienone is 4. The first-order chi connectivity index (χ1) is 18.9. The van der Waals surface area contributed by atoms with Crippen LogP contribution in [0.15, 0.2) is 128 Å². The summed E-state index contributed by atoms with van der Waals surface area (Å²) in [5, 5.41) is 3.34. The first-order valence-corrected chi connectivity index (χ1v) is 13.5. The Morgan fingerprint density at radius 3 is 2.21 bits per heavy atom. The number of hydrogen-bond donors (Lipinski definition) is 2. The minimum absolute atomic E-state index is 0.00322. The standard InChI is InChI=1S/C22H21N.C14H16N2/c1-15-13-18-17-10-5-7-11-19(17)22(2,3)20(18)14-23(4)21-12-8-6-9-16(15)21;15-13-8-4-5-9-14(13)16-11-10-12-6-2-1-3-7-12/h5-14H,1H2,2-4H3;1-9,16H,10-11,15H2/b18-13-,20-14+;. The maximum absolute atomic E-state index is 5.84. The Morgan fingerprint density at radius 2 is 1.44 bits per heavy atom. The van der Waals surface area contributed by atoms with Crippen molar-refractivity contribution >= 4 is 28.2 Å². The second-order valence-electron chi connectivity index (χ2n) is 10.7. The molecule has 39 heavy (non-hydrogen) atoms. The average Bonchev–Trinajstić information content (AvgIpc) is 3.15. The fraction of sp³-hybridized carbons (Fsp3) is 0.167. The van der Waals surface area contributed by atoms with Crippen molar-refractivity contribution in [2.24, 2.45) is 0 Å². The molecule has 0 unspecified atom stereocenters. The number of fused-ring (bicyclic) bond motifs is 4. The molecule has 0 spiro atoms. The lowest BCUT2D eigenvalue weighted by atomic mass is 9.82. The van der Waals surface area contributed by atoms with Gasteiger partial charge < -0.3 is 16.0 Å². The van der Waals surface area contributed by atoms with Gasteiger partial charge in [-0.1, -0.05) is 105 Å². The molecule has 0 fully saturated rings. The van der Waals surface area contributed by atoms with E-state index < -0.39 is 0 Å². The highest BCUT2D eigenvalue weighted by molar-refractivity contribution is 5.98. The smallest absolute Gasteiger partial charge is 0.0574 e. The van der Waals surface area contributed by atoms with Crippen molar-refractivity contribution in [1.82, 2.24) is 0 Å². The number of nitrogens with zero attached hydrogens (tertiary/aromatic N) is 1. The number of para-hydroxylation sites is 3. The minimum atomic E-state index is 0.00322. The van der Waals surface area contributed by atoms with Gasteiger partial charge in [0.25, 0.3) is 0 Å². The summed E-state index contributed by atoms with van der Waals surface area (Å²) >= 11 is 0. The van der Waals surface area contributed by atoms with Gasteiger partial charge >= 0.3 is 0 Å². The lowest BCUT2D eigenvalue weighted by molar-refractivity contribution is 0.658. The Balaban J connectivity index is 0.000000169. The predicted octanol–water partition coefficient (Wildman–Crippen LogP) is 8.33. The fourth-order valence-electron chi connectivity index (χ4n) is 5.49. The Labute approximate surface area is 233 Å². The molecule has 0 radical (unpaired) electrons. The first-order valence-electron chi connectivity index (χ1n) is 13.5. The third-order valence-corrected chi connectivity index (χ3v) is 7.66. The predicted molar refractivity (Wildman–Crippen MR) is 169 cm³/mol. The van der Waals surface area contributed by atoms with Gasteiger partial charge in [0.15, 0.2) is 0 Å². The third-order valence-electron chi connectivity index (χ3n) is 7.66. The van der Waals surface area contributed by atoms with E-state index in [4.69, 9.17) is 5.73 Å². The molecule has 0 amide bonds. The highest BCUT2D eigenvalue weighted by atomic mass is 15.1. The molecule has 6 rings (SSSR count). The molecular formula is C36H37N3. The maximum atomic E-state index is 5.84. The van der Waals surface area contributed by atoms with Crippen LogP contribution in [0.5, 0.6) is 0 Å². The Morgan fingerprint density at radius 1 is 0.795 bits per heavy atom. The van der Waals surface area contributed by atoms with E-state index in [1.54, 1.807) is 0 Å². The molecule has 1 heterocycles. The van der Waals surface area contributed by atoms with Crippen LogP contribution in [-0.2, 0) is 11.8 Å². The van der Waals surface area contributed by atoms with Gasteiger partial charge in [-0.05, 0) is 64.1 Å². The quantitative estimate of drug-likeness (QED) is 0.271. The molecule has 4 aromatic rings. The van der Waals surface area contributed by atoms with Crippen molar-refractivity contribution in [2.75, 3.05) is 29.5 Å². The van der Waals surface area contributed by atoms with Crippen LogP contribution in [0, 0.1) is 0 Å². The molecule has 0 saturated carbocycles. The van der Waals surface area contributed by atoms with E-state index in [1.807, 2.05) is 30.3 Å². The van der Waals surface area contributed by atoms with Gasteiger partial charge in [0.1, 0.15) is 0 Å². The molecule has 3 heteroatoms. The van der Waals surface area contributed by atoms with Crippen LogP contribution in [0.2, 0.25) is 0 Å². The zero-order chi connectivity index (χ0) is 27.4. The number of nitrogens with two attached hydrogens (primary N) is 1. The van der Waals surface area contributed by atoms with E-state index in [1.165, 1.54) is 39.1 Å². The van der Waals surface area contributed by atoms with Crippen molar-refractivity contribution in [3.63, 3.8) is 0 Å². The molecule has 1 aliphatic heterocycles. The molecule has 0 bridgehead atoms. The molecule has 1 aliphatic carbocycles. The van der Waals surface area contributed by atoms with Crippen LogP contribution < -0.4 is 16.0 Å². The van der Waals surface area contributed by atoms with Crippen LogP contribution in [0.1, 0.15) is 36.1 Å². The molecule has 196 valence electrons. The molecule has 4 aromatic carbocycles. The van der Waals surface area contributed by atoms with Crippen LogP contribution in [0.25, 0.3) is 11.1 Å². The third kappa shape index (κ3) is 5.39. The molecular weight excluding hydrogens is 474 g/mol. The van der Waals surface area contributed by atoms with Gasteiger partial charge in [0.05, 0.1) is 11.4 Å².